The monoisotopic (exact) mass is 496 g/mol. The topological polar surface area (TPSA) is 74.2 Å². The maximum absolute atomic E-state index is 13.6. The lowest BCUT2D eigenvalue weighted by Crippen LogP contribution is -2.30. The Morgan fingerprint density at radius 2 is 1.85 bits per heavy atom. The lowest BCUT2D eigenvalue weighted by molar-refractivity contribution is -0.122. The molecule has 34 heavy (non-hydrogen) atoms. The van der Waals surface area contributed by atoms with E-state index >= 15 is 0 Å². The second-order valence-electron chi connectivity index (χ2n) is 7.85. The molecule has 7 nitrogen and oxygen atoms in total. The number of hydrogen-bond acceptors (Lipinski definition) is 7. The number of amidine groups is 1. The van der Waals surface area contributed by atoms with E-state index in [4.69, 9.17) is 9.73 Å². The maximum Gasteiger partial charge on any atom is 0.269 e. The van der Waals surface area contributed by atoms with Crippen LogP contribution in [-0.2, 0) is 9.59 Å². The van der Waals surface area contributed by atoms with Gasteiger partial charge in [0.05, 0.1) is 18.5 Å². The third kappa shape index (κ3) is 4.95. The Morgan fingerprint density at radius 3 is 2.50 bits per heavy atom. The molecule has 0 radical (unpaired) electrons. The van der Waals surface area contributed by atoms with Crippen molar-refractivity contribution in [2.75, 3.05) is 30.4 Å². The van der Waals surface area contributed by atoms with Gasteiger partial charge in [-0.3, -0.25) is 14.5 Å². The van der Waals surface area contributed by atoms with Crippen molar-refractivity contribution in [2.24, 2.45) is 4.99 Å². The van der Waals surface area contributed by atoms with Gasteiger partial charge in [0.1, 0.15) is 15.7 Å². The van der Waals surface area contributed by atoms with Gasteiger partial charge >= 0.3 is 0 Å². The van der Waals surface area contributed by atoms with E-state index in [-0.39, 0.29) is 11.8 Å². The molecule has 2 aliphatic rings. The number of anilines is 2. The number of methoxy groups -OCH3 is 1. The first-order valence-corrected chi connectivity index (χ1v) is 12.9. The third-order valence-electron chi connectivity index (χ3n) is 5.43. The molecule has 1 fully saturated rings. The summed E-state index contributed by atoms with van der Waals surface area (Å²) in [6.07, 6.45) is 1.89. The summed E-state index contributed by atoms with van der Waals surface area (Å²) in [5.41, 5.74) is 2.50. The van der Waals surface area contributed by atoms with E-state index < -0.39 is 0 Å². The van der Waals surface area contributed by atoms with E-state index in [0.717, 1.165) is 46.4 Å². The van der Waals surface area contributed by atoms with Gasteiger partial charge in [0.2, 0.25) is 5.91 Å². The van der Waals surface area contributed by atoms with E-state index in [2.05, 4.69) is 24.1 Å². The summed E-state index contributed by atoms with van der Waals surface area (Å²) in [6.45, 7) is 7.04. The number of ether oxygens (including phenoxy) is 1. The largest absolute Gasteiger partial charge is 0.497 e. The van der Waals surface area contributed by atoms with E-state index in [0.29, 0.717) is 22.3 Å². The number of carbonyl (C=O) groups is 2. The summed E-state index contributed by atoms with van der Waals surface area (Å²) < 4.78 is 5.41. The molecular weight excluding hydrogens is 468 g/mol. The normalized spacial score (nSPS) is 18.6. The minimum atomic E-state index is -0.119. The van der Waals surface area contributed by atoms with Crippen LogP contribution in [0.4, 0.5) is 17.1 Å². The lowest BCUT2D eigenvalue weighted by Gasteiger charge is -2.19. The van der Waals surface area contributed by atoms with Crippen molar-refractivity contribution < 1.29 is 14.3 Å². The molecule has 0 saturated carbocycles. The number of rotatable bonds is 7. The summed E-state index contributed by atoms with van der Waals surface area (Å²) in [5.74, 6) is 0.669. The number of carbonyl (C=O) groups excluding carboxylic acids is 2. The predicted octanol–water partition coefficient (Wildman–Crippen LogP) is 5.82. The second kappa shape index (κ2) is 10.6. The third-order valence-corrected chi connectivity index (χ3v) is 7.81. The van der Waals surface area contributed by atoms with Crippen LogP contribution < -0.4 is 15.0 Å². The minimum absolute atomic E-state index is 0.00668. The molecule has 178 valence electrons. The zero-order valence-corrected chi connectivity index (χ0v) is 21.4. The van der Waals surface area contributed by atoms with Crippen LogP contribution in [0.25, 0.3) is 0 Å². The number of aliphatic imine (C=N–C) groups is 1. The molecule has 0 spiro atoms. The Bertz CT molecular complexity index is 1160. The summed E-state index contributed by atoms with van der Waals surface area (Å²) in [5, 5.41) is 4.38. The summed E-state index contributed by atoms with van der Waals surface area (Å²) in [7, 11) is 1.66. The fourth-order valence-electron chi connectivity index (χ4n) is 3.74. The highest BCUT2D eigenvalue weighted by molar-refractivity contribution is 8.19. The van der Waals surface area contributed by atoms with Crippen molar-refractivity contribution >= 4 is 57.6 Å². The Balaban J connectivity index is 1.68. The standard InChI is InChI=1S/C25H28N4O3S2/c1-5-7-14-29-23(31)22(24-28(6-2)20-15-19(32-4)12-13-21(20)33-24)34-25(29)27-18-10-8-17(9-11-18)26-16(3)30/h8-13,15H,5-7,14H2,1-4H3,(H,26,30). The number of nitrogens with one attached hydrogen (secondary N) is 1. The Labute approximate surface area is 208 Å². The average molecular weight is 497 g/mol. The van der Waals surface area contributed by atoms with Gasteiger partial charge in [-0.05, 0) is 61.5 Å². The number of fused-ring (bicyclic) bond motifs is 1. The molecule has 2 heterocycles. The van der Waals surface area contributed by atoms with Crippen LogP contribution in [0.15, 0.2) is 62.3 Å². The fourth-order valence-corrected chi connectivity index (χ4v) is 6.14. The number of hydrogen-bond donors (Lipinski definition) is 1. The Hall–Kier alpha value is -2.91. The van der Waals surface area contributed by atoms with Crippen LogP contribution in [0.1, 0.15) is 33.6 Å². The molecule has 2 aromatic rings. The van der Waals surface area contributed by atoms with Crippen LogP contribution in [-0.4, -0.2) is 42.1 Å². The van der Waals surface area contributed by atoms with E-state index in [1.165, 1.54) is 18.7 Å². The fraction of sp³-hybridized carbons (Fsp3) is 0.320. The number of unbranched alkanes of at least 4 members (excludes halogenated alkanes) is 1. The van der Waals surface area contributed by atoms with E-state index in [1.807, 2.05) is 42.5 Å². The Kier molecular flexibility index (Phi) is 7.53. The van der Waals surface area contributed by atoms with Crippen molar-refractivity contribution in [3.8, 4) is 5.75 Å². The molecule has 1 N–H and O–H groups in total. The highest BCUT2D eigenvalue weighted by Crippen LogP contribution is 2.51. The molecule has 0 aliphatic carbocycles. The number of nitrogens with zero attached hydrogens (tertiary/aromatic N) is 3. The van der Waals surface area contributed by atoms with Gasteiger partial charge in [-0.1, -0.05) is 25.1 Å². The highest BCUT2D eigenvalue weighted by atomic mass is 32.2. The van der Waals surface area contributed by atoms with E-state index in [9.17, 15) is 9.59 Å². The molecule has 9 heteroatoms. The van der Waals surface area contributed by atoms with Gasteiger partial charge in [0, 0.05) is 36.7 Å². The quantitative estimate of drug-likeness (QED) is 0.487. The van der Waals surface area contributed by atoms with Crippen molar-refractivity contribution in [1.29, 1.82) is 0 Å². The van der Waals surface area contributed by atoms with Gasteiger partial charge < -0.3 is 15.0 Å². The maximum atomic E-state index is 13.6. The summed E-state index contributed by atoms with van der Waals surface area (Å²) in [6, 6.07) is 13.3. The van der Waals surface area contributed by atoms with Crippen molar-refractivity contribution in [1.82, 2.24) is 4.90 Å². The van der Waals surface area contributed by atoms with Crippen molar-refractivity contribution in [3.05, 3.63) is 52.4 Å². The summed E-state index contributed by atoms with van der Waals surface area (Å²) >= 11 is 3.04. The van der Waals surface area contributed by atoms with E-state index in [1.54, 1.807) is 23.8 Å². The SMILES string of the molecule is CCCCN1C(=O)C(=C2Sc3ccc(OC)cc3N2CC)SC1=Nc1ccc(NC(C)=O)cc1. The summed E-state index contributed by atoms with van der Waals surface area (Å²) in [4.78, 5) is 35.4. The molecule has 0 aromatic heterocycles. The number of benzene rings is 2. The second-order valence-corrected chi connectivity index (χ2v) is 9.86. The molecule has 2 aliphatic heterocycles. The molecule has 1 saturated heterocycles. The van der Waals surface area contributed by atoms with Crippen LogP contribution in [0.2, 0.25) is 0 Å². The van der Waals surface area contributed by atoms with Crippen LogP contribution in [0, 0.1) is 0 Å². The van der Waals surface area contributed by atoms with Gasteiger partial charge in [-0.2, -0.15) is 0 Å². The van der Waals surface area contributed by atoms with Crippen LogP contribution in [0.5, 0.6) is 5.75 Å². The first-order chi connectivity index (χ1) is 16.4. The first kappa shape index (κ1) is 24.2. The number of thioether (sulfide) groups is 2. The molecule has 2 amide bonds. The van der Waals surface area contributed by atoms with Gasteiger partial charge in [0.25, 0.3) is 5.91 Å². The molecule has 2 aromatic carbocycles. The van der Waals surface area contributed by atoms with Gasteiger partial charge in [-0.25, -0.2) is 4.99 Å². The van der Waals surface area contributed by atoms with Crippen molar-refractivity contribution in [2.45, 2.75) is 38.5 Å². The first-order valence-electron chi connectivity index (χ1n) is 11.3. The van der Waals surface area contributed by atoms with Gasteiger partial charge in [-0.15, -0.1) is 0 Å². The smallest absolute Gasteiger partial charge is 0.269 e. The Morgan fingerprint density at radius 1 is 1.09 bits per heavy atom. The van der Waals surface area contributed by atoms with Gasteiger partial charge in [0.15, 0.2) is 5.17 Å². The zero-order valence-electron chi connectivity index (χ0n) is 19.8. The molecular formula is C25H28N4O3S2. The highest BCUT2D eigenvalue weighted by Gasteiger charge is 2.39. The molecule has 0 bridgehead atoms. The lowest BCUT2D eigenvalue weighted by atomic mass is 10.2. The molecule has 0 unspecified atom stereocenters. The zero-order chi connectivity index (χ0) is 24.2. The van der Waals surface area contributed by atoms with Crippen molar-refractivity contribution in [3.63, 3.8) is 0 Å². The average Bonchev–Trinajstić information content (AvgIpc) is 3.34. The minimum Gasteiger partial charge on any atom is -0.497 e. The number of amides is 2. The molecule has 0 atom stereocenters. The van der Waals surface area contributed by atoms with Crippen LogP contribution in [0.3, 0.4) is 0 Å². The van der Waals surface area contributed by atoms with Crippen LogP contribution >= 0.6 is 23.5 Å². The predicted molar refractivity (Wildman–Crippen MR) is 141 cm³/mol. The molecule has 4 rings (SSSR count).